The van der Waals surface area contributed by atoms with Crippen LogP contribution in [-0.4, -0.2) is 37.5 Å². The van der Waals surface area contributed by atoms with Crippen LogP contribution >= 0.6 is 0 Å². The van der Waals surface area contributed by atoms with E-state index >= 15 is 0 Å². The molecule has 0 saturated carbocycles. The Morgan fingerprint density at radius 3 is 2.29 bits per heavy atom. The molecule has 0 aromatic heterocycles. The lowest BCUT2D eigenvalue weighted by Gasteiger charge is -2.48. The summed E-state index contributed by atoms with van der Waals surface area (Å²) in [5, 5.41) is 0. The van der Waals surface area contributed by atoms with Gasteiger partial charge in [-0.25, -0.2) is 0 Å². The van der Waals surface area contributed by atoms with E-state index < -0.39 is 0 Å². The fraction of sp³-hybridized carbons (Fsp3) is 0.667. The molecule has 2 aliphatic heterocycles. The van der Waals surface area contributed by atoms with E-state index in [2.05, 4.69) is 42.2 Å². The molecule has 116 valence electrons. The monoisotopic (exact) mass is 289 g/mol. The maximum atomic E-state index is 5.84. The highest BCUT2D eigenvalue weighted by Gasteiger charge is 2.42. The quantitative estimate of drug-likeness (QED) is 0.848. The first kappa shape index (κ1) is 15.0. The molecule has 1 aromatic rings. The van der Waals surface area contributed by atoms with Crippen molar-refractivity contribution in [2.24, 2.45) is 5.41 Å². The molecule has 3 heteroatoms. The Morgan fingerprint density at radius 1 is 1.05 bits per heavy atom. The summed E-state index contributed by atoms with van der Waals surface area (Å²) in [6.07, 6.45) is 3.89. The first-order valence-electron chi connectivity index (χ1n) is 8.21. The van der Waals surface area contributed by atoms with Crippen LogP contribution in [0.15, 0.2) is 30.3 Å². The number of hydrogen-bond donors (Lipinski definition) is 0. The molecule has 0 amide bonds. The summed E-state index contributed by atoms with van der Waals surface area (Å²) >= 11 is 0. The molecule has 1 aromatic carbocycles. The zero-order chi connectivity index (χ0) is 14.7. The summed E-state index contributed by atoms with van der Waals surface area (Å²) in [5.74, 6) is 0. The molecule has 0 N–H and O–H groups in total. The molecular weight excluding hydrogens is 262 g/mol. The topological polar surface area (TPSA) is 21.7 Å². The zero-order valence-electron chi connectivity index (χ0n) is 13.3. The van der Waals surface area contributed by atoms with E-state index in [9.17, 15) is 0 Å². The predicted molar refractivity (Wildman–Crippen MR) is 84.1 cm³/mol. The number of benzene rings is 1. The van der Waals surface area contributed by atoms with Crippen molar-refractivity contribution in [3.05, 3.63) is 35.9 Å². The normalized spacial score (nSPS) is 32.8. The van der Waals surface area contributed by atoms with Crippen molar-refractivity contribution in [1.29, 1.82) is 0 Å². The molecule has 3 rings (SSSR count). The Bertz CT molecular complexity index is 434. The van der Waals surface area contributed by atoms with E-state index in [1.54, 1.807) is 0 Å². The van der Waals surface area contributed by atoms with E-state index in [-0.39, 0.29) is 11.7 Å². The number of piperidine rings is 1. The van der Waals surface area contributed by atoms with Crippen molar-refractivity contribution in [3.8, 4) is 0 Å². The summed E-state index contributed by atoms with van der Waals surface area (Å²) in [5.41, 5.74) is 1.41. The molecule has 2 aliphatic rings. The largest absolute Gasteiger partial charge is 0.352 e. The molecule has 1 unspecified atom stereocenters. The van der Waals surface area contributed by atoms with Crippen LogP contribution in [0.25, 0.3) is 0 Å². The molecule has 0 bridgehead atoms. The van der Waals surface area contributed by atoms with Crippen molar-refractivity contribution in [2.45, 2.75) is 45.4 Å². The molecule has 3 nitrogen and oxygen atoms in total. The Kier molecular flexibility index (Phi) is 4.63. The van der Waals surface area contributed by atoms with Crippen molar-refractivity contribution in [2.75, 3.05) is 26.3 Å². The Morgan fingerprint density at radius 2 is 1.67 bits per heavy atom. The fourth-order valence-electron chi connectivity index (χ4n) is 3.73. The SMILES string of the molecule is CC1OCC(C)(C(c2ccccc2)N2CCCCC2)CO1. The van der Waals surface area contributed by atoms with Crippen LogP contribution in [0.5, 0.6) is 0 Å². The second kappa shape index (κ2) is 6.47. The molecule has 2 heterocycles. The minimum atomic E-state index is -0.0733. The van der Waals surface area contributed by atoms with Gasteiger partial charge in [-0.05, 0) is 38.4 Å². The van der Waals surface area contributed by atoms with Gasteiger partial charge in [0, 0.05) is 11.5 Å². The van der Waals surface area contributed by atoms with Crippen LogP contribution in [-0.2, 0) is 9.47 Å². The molecule has 21 heavy (non-hydrogen) atoms. The second-order valence-corrected chi connectivity index (χ2v) is 6.75. The minimum Gasteiger partial charge on any atom is -0.352 e. The first-order valence-corrected chi connectivity index (χ1v) is 8.21. The number of nitrogens with zero attached hydrogens (tertiary/aromatic N) is 1. The number of ether oxygens (including phenoxy) is 2. The van der Waals surface area contributed by atoms with E-state index in [0.717, 1.165) is 13.2 Å². The smallest absolute Gasteiger partial charge is 0.154 e. The molecule has 2 saturated heterocycles. The molecule has 0 aliphatic carbocycles. The number of hydrogen-bond acceptors (Lipinski definition) is 3. The lowest BCUT2D eigenvalue weighted by Crippen LogP contribution is -2.50. The average molecular weight is 289 g/mol. The maximum absolute atomic E-state index is 5.84. The van der Waals surface area contributed by atoms with Crippen molar-refractivity contribution in [3.63, 3.8) is 0 Å². The van der Waals surface area contributed by atoms with Crippen LogP contribution in [0, 0.1) is 5.41 Å². The van der Waals surface area contributed by atoms with E-state index in [4.69, 9.17) is 9.47 Å². The Labute approximate surface area is 128 Å². The standard InChI is InChI=1S/C18H27NO2/c1-15-20-13-18(2,14-21-15)17(16-9-5-3-6-10-16)19-11-7-4-8-12-19/h3,5-6,9-10,15,17H,4,7-8,11-14H2,1-2H3. The van der Waals surface area contributed by atoms with Gasteiger partial charge >= 0.3 is 0 Å². The highest BCUT2D eigenvalue weighted by molar-refractivity contribution is 5.22. The van der Waals surface area contributed by atoms with Crippen LogP contribution in [0.1, 0.15) is 44.7 Å². The third-order valence-corrected chi connectivity index (χ3v) is 4.83. The summed E-state index contributed by atoms with van der Waals surface area (Å²) in [6.45, 7) is 8.20. The van der Waals surface area contributed by atoms with Gasteiger partial charge in [0.1, 0.15) is 0 Å². The van der Waals surface area contributed by atoms with Gasteiger partial charge in [0.2, 0.25) is 0 Å². The lowest BCUT2D eigenvalue weighted by molar-refractivity contribution is -0.232. The average Bonchev–Trinajstić information content (AvgIpc) is 2.53. The van der Waals surface area contributed by atoms with Gasteiger partial charge in [-0.15, -0.1) is 0 Å². The molecule has 0 spiro atoms. The van der Waals surface area contributed by atoms with E-state index in [1.165, 1.54) is 37.9 Å². The van der Waals surface area contributed by atoms with Gasteiger partial charge in [0.25, 0.3) is 0 Å². The van der Waals surface area contributed by atoms with Crippen LogP contribution < -0.4 is 0 Å². The number of rotatable bonds is 3. The molecule has 2 fully saturated rings. The lowest BCUT2D eigenvalue weighted by atomic mass is 9.77. The maximum Gasteiger partial charge on any atom is 0.154 e. The third kappa shape index (κ3) is 3.31. The van der Waals surface area contributed by atoms with Gasteiger partial charge in [-0.2, -0.15) is 0 Å². The first-order chi connectivity index (χ1) is 10.2. The van der Waals surface area contributed by atoms with Crippen LogP contribution in [0.4, 0.5) is 0 Å². The van der Waals surface area contributed by atoms with Gasteiger partial charge in [-0.3, -0.25) is 4.90 Å². The molecule has 0 radical (unpaired) electrons. The van der Waals surface area contributed by atoms with Crippen LogP contribution in [0.2, 0.25) is 0 Å². The van der Waals surface area contributed by atoms with Crippen molar-refractivity contribution in [1.82, 2.24) is 4.90 Å². The summed E-state index contributed by atoms with van der Waals surface area (Å²) in [6, 6.07) is 11.3. The van der Waals surface area contributed by atoms with Gasteiger partial charge in [0.15, 0.2) is 6.29 Å². The third-order valence-electron chi connectivity index (χ3n) is 4.83. The highest BCUT2D eigenvalue weighted by Crippen LogP contribution is 2.42. The summed E-state index contributed by atoms with van der Waals surface area (Å²) < 4.78 is 11.7. The van der Waals surface area contributed by atoms with Crippen molar-refractivity contribution >= 4 is 0 Å². The predicted octanol–water partition coefficient (Wildman–Crippen LogP) is 3.61. The van der Waals surface area contributed by atoms with Gasteiger partial charge < -0.3 is 9.47 Å². The van der Waals surface area contributed by atoms with Gasteiger partial charge in [-0.1, -0.05) is 43.7 Å². The zero-order valence-corrected chi connectivity index (χ0v) is 13.3. The fourth-order valence-corrected chi connectivity index (χ4v) is 3.73. The van der Waals surface area contributed by atoms with E-state index in [0.29, 0.717) is 6.04 Å². The summed E-state index contributed by atoms with van der Waals surface area (Å²) in [4.78, 5) is 2.64. The van der Waals surface area contributed by atoms with Gasteiger partial charge in [0.05, 0.1) is 13.2 Å². The molecule has 1 atom stereocenters. The summed E-state index contributed by atoms with van der Waals surface area (Å²) in [7, 11) is 0. The Hall–Kier alpha value is -0.900. The minimum absolute atomic E-state index is 0.0191. The molecular formula is C18H27NO2. The highest BCUT2D eigenvalue weighted by atomic mass is 16.7. The Balaban J connectivity index is 1.88. The van der Waals surface area contributed by atoms with Crippen molar-refractivity contribution < 1.29 is 9.47 Å². The second-order valence-electron chi connectivity index (χ2n) is 6.75. The van der Waals surface area contributed by atoms with E-state index in [1.807, 2.05) is 6.92 Å². The number of likely N-dealkylation sites (tertiary alicyclic amines) is 1. The van der Waals surface area contributed by atoms with Crippen LogP contribution in [0.3, 0.4) is 0 Å².